The molecule has 184 valence electrons. The zero-order valence-electron chi connectivity index (χ0n) is 20.2. The lowest BCUT2D eigenvalue weighted by Crippen LogP contribution is -2.44. The van der Waals surface area contributed by atoms with Gasteiger partial charge >= 0.3 is 0 Å². The smallest absolute Gasteiger partial charge is 0.291 e. The standard InChI is InChI=1S/C28H29N5O3/c1-32-12-14-33(15-13-32)26-16-21(10-11-29-26)19-30-27(34)17-20-6-8-23(9-7-20)31-28(35)25-18-22-4-2-3-5-24(22)36-25/h2-11,16,18H,12-15,17,19H2,1H3,(H,30,34)(H,31,35). The number of piperazine rings is 1. The zero-order chi connectivity index (χ0) is 24.9. The van der Waals surface area contributed by atoms with Gasteiger partial charge in [-0.25, -0.2) is 4.98 Å². The van der Waals surface area contributed by atoms with Crippen LogP contribution < -0.4 is 15.5 Å². The number of anilines is 2. The number of nitrogens with zero attached hydrogens (tertiary/aromatic N) is 3. The van der Waals surface area contributed by atoms with Crippen LogP contribution in [0.3, 0.4) is 0 Å². The van der Waals surface area contributed by atoms with E-state index in [1.165, 1.54) is 0 Å². The Labute approximate surface area is 209 Å². The van der Waals surface area contributed by atoms with E-state index < -0.39 is 0 Å². The average molecular weight is 484 g/mol. The maximum atomic E-state index is 12.5. The van der Waals surface area contributed by atoms with Gasteiger partial charge in [-0.15, -0.1) is 0 Å². The molecule has 1 aliphatic heterocycles. The Morgan fingerprint density at radius 3 is 2.50 bits per heavy atom. The number of pyridine rings is 1. The first kappa shape index (κ1) is 23.6. The van der Waals surface area contributed by atoms with Crippen LogP contribution in [0, 0.1) is 0 Å². The number of hydrogen-bond acceptors (Lipinski definition) is 6. The lowest BCUT2D eigenvalue weighted by Gasteiger charge is -2.33. The van der Waals surface area contributed by atoms with E-state index in [2.05, 4.69) is 32.5 Å². The third-order valence-corrected chi connectivity index (χ3v) is 6.35. The molecule has 0 aliphatic carbocycles. The Bertz CT molecular complexity index is 1320. The molecular formula is C28H29N5O3. The summed E-state index contributed by atoms with van der Waals surface area (Å²) in [5.74, 6) is 0.832. The average Bonchev–Trinajstić information content (AvgIpc) is 3.34. The number of fused-ring (bicyclic) bond motifs is 1. The minimum atomic E-state index is -0.315. The summed E-state index contributed by atoms with van der Waals surface area (Å²) in [4.78, 5) is 34.1. The molecule has 36 heavy (non-hydrogen) atoms. The van der Waals surface area contributed by atoms with E-state index in [-0.39, 0.29) is 24.0 Å². The van der Waals surface area contributed by atoms with E-state index >= 15 is 0 Å². The Morgan fingerprint density at radius 1 is 0.944 bits per heavy atom. The molecule has 8 heteroatoms. The van der Waals surface area contributed by atoms with E-state index in [0.29, 0.717) is 17.8 Å². The van der Waals surface area contributed by atoms with Gasteiger partial charge < -0.3 is 24.9 Å². The minimum Gasteiger partial charge on any atom is -0.451 e. The molecule has 0 atom stereocenters. The summed E-state index contributed by atoms with van der Waals surface area (Å²) in [5, 5.41) is 6.71. The summed E-state index contributed by atoms with van der Waals surface area (Å²) < 4.78 is 5.61. The number of para-hydroxylation sites is 1. The topological polar surface area (TPSA) is 90.7 Å². The fourth-order valence-electron chi connectivity index (χ4n) is 4.22. The number of likely N-dealkylation sites (N-methyl/N-ethyl adjacent to an activating group) is 1. The second kappa shape index (κ2) is 10.6. The molecule has 2 aromatic heterocycles. The van der Waals surface area contributed by atoms with Crippen molar-refractivity contribution in [1.82, 2.24) is 15.2 Å². The van der Waals surface area contributed by atoms with Crippen LogP contribution in [0.1, 0.15) is 21.7 Å². The minimum absolute atomic E-state index is 0.0629. The number of rotatable bonds is 7. The highest BCUT2D eigenvalue weighted by atomic mass is 16.3. The highest BCUT2D eigenvalue weighted by Gasteiger charge is 2.16. The van der Waals surface area contributed by atoms with Gasteiger partial charge in [0.1, 0.15) is 11.4 Å². The molecule has 0 radical (unpaired) electrons. The van der Waals surface area contributed by atoms with Gasteiger partial charge in [0.15, 0.2) is 5.76 Å². The van der Waals surface area contributed by atoms with Crippen LogP contribution in [0.15, 0.2) is 77.3 Å². The van der Waals surface area contributed by atoms with Gasteiger partial charge in [0, 0.05) is 50.0 Å². The van der Waals surface area contributed by atoms with Crippen molar-refractivity contribution in [3.8, 4) is 0 Å². The number of amides is 2. The van der Waals surface area contributed by atoms with Crippen molar-refractivity contribution in [2.75, 3.05) is 43.4 Å². The molecule has 0 spiro atoms. The third kappa shape index (κ3) is 5.72. The van der Waals surface area contributed by atoms with Gasteiger partial charge in [0.2, 0.25) is 5.91 Å². The Morgan fingerprint density at radius 2 is 1.72 bits per heavy atom. The molecule has 2 N–H and O–H groups in total. The van der Waals surface area contributed by atoms with Crippen molar-refractivity contribution in [2.24, 2.45) is 0 Å². The van der Waals surface area contributed by atoms with Crippen LogP contribution in [0.5, 0.6) is 0 Å². The summed E-state index contributed by atoms with van der Waals surface area (Å²) in [7, 11) is 2.13. The van der Waals surface area contributed by atoms with Crippen LogP contribution in [-0.2, 0) is 17.8 Å². The number of aromatic nitrogens is 1. The fraction of sp³-hybridized carbons (Fsp3) is 0.250. The highest BCUT2D eigenvalue weighted by Crippen LogP contribution is 2.20. The molecule has 8 nitrogen and oxygen atoms in total. The lowest BCUT2D eigenvalue weighted by molar-refractivity contribution is -0.120. The molecule has 1 saturated heterocycles. The quantitative estimate of drug-likeness (QED) is 0.417. The van der Waals surface area contributed by atoms with Gasteiger partial charge in [-0.1, -0.05) is 30.3 Å². The number of carbonyl (C=O) groups is 2. The number of hydrogen-bond donors (Lipinski definition) is 2. The van der Waals surface area contributed by atoms with Crippen LogP contribution in [-0.4, -0.2) is 54.9 Å². The van der Waals surface area contributed by atoms with Crippen LogP contribution >= 0.6 is 0 Å². The van der Waals surface area contributed by atoms with Crippen LogP contribution in [0.4, 0.5) is 11.5 Å². The maximum absolute atomic E-state index is 12.5. The van der Waals surface area contributed by atoms with E-state index in [9.17, 15) is 9.59 Å². The van der Waals surface area contributed by atoms with Crippen molar-refractivity contribution in [3.05, 3.63) is 89.8 Å². The lowest BCUT2D eigenvalue weighted by atomic mass is 10.1. The first-order valence-corrected chi connectivity index (χ1v) is 12.1. The number of benzene rings is 2. The zero-order valence-corrected chi connectivity index (χ0v) is 20.2. The number of carbonyl (C=O) groups excluding carboxylic acids is 2. The van der Waals surface area contributed by atoms with Crippen LogP contribution in [0.2, 0.25) is 0 Å². The molecule has 0 unspecified atom stereocenters. The number of nitrogens with one attached hydrogen (secondary N) is 2. The van der Waals surface area contributed by atoms with Crippen LogP contribution in [0.25, 0.3) is 11.0 Å². The van der Waals surface area contributed by atoms with E-state index in [0.717, 1.165) is 48.5 Å². The summed E-state index contributed by atoms with van der Waals surface area (Å²) in [5.41, 5.74) is 3.20. The van der Waals surface area contributed by atoms with E-state index in [4.69, 9.17) is 4.42 Å². The summed E-state index contributed by atoms with van der Waals surface area (Å²) in [6, 6.07) is 20.4. The monoisotopic (exact) mass is 483 g/mol. The molecule has 0 bridgehead atoms. The van der Waals surface area contributed by atoms with Crippen molar-refractivity contribution >= 4 is 34.3 Å². The summed E-state index contributed by atoms with van der Waals surface area (Å²) in [6.45, 7) is 4.39. The summed E-state index contributed by atoms with van der Waals surface area (Å²) in [6.07, 6.45) is 2.06. The first-order valence-electron chi connectivity index (χ1n) is 12.1. The SMILES string of the molecule is CN1CCN(c2cc(CNC(=O)Cc3ccc(NC(=O)c4cc5ccccc5o4)cc3)ccn2)CC1. The van der Waals surface area contributed by atoms with Crippen molar-refractivity contribution < 1.29 is 14.0 Å². The molecule has 5 rings (SSSR count). The van der Waals surface area contributed by atoms with Gasteiger partial charge in [-0.05, 0) is 54.6 Å². The largest absolute Gasteiger partial charge is 0.451 e. The molecule has 1 fully saturated rings. The molecule has 2 aromatic carbocycles. The van der Waals surface area contributed by atoms with Crippen molar-refractivity contribution in [2.45, 2.75) is 13.0 Å². The fourth-order valence-corrected chi connectivity index (χ4v) is 4.22. The second-order valence-electron chi connectivity index (χ2n) is 9.07. The molecule has 4 aromatic rings. The highest BCUT2D eigenvalue weighted by molar-refractivity contribution is 6.04. The molecule has 2 amide bonds. The molecule has 1 aliphatic rings. The Kier molecular flexibility index (Phi) is 6.95. The van der Waals surface area contributed by atoms with E-state index in [1.807, 2.05) is 48.5 Å². The predicted octanol–water partition coefficient (Wildman–Crippen LogP) is 3.69. The van der Waals surface area contributed by atoms with Gasteiger partial charge in [0.05, 0.1) is 6.42 Å². The summed E-state index contributed by atoms with van der Waals surface area (Å²) >= 11 is 0. The van der Waals surface area contributed by atoms with Crippen molar-refractivity contribution in [1.29, 1.82) is 0 Å². The van der Waals surface area contributed by atoms with Gasteiger partial charge in [-0.2, -0.15) is 0 Å². The van der Waals surface area contributed by atoms with Crippen molar-refractivity contribution in [3.63, 3.8) is 0 Å². The maximum Gasteiger partial charge on any atom is 0.291 e. The molecule has 3 heterocycles. The van der Waals surface area contributed by atoms with Gasteiger partial charge in [-0.3, -0.25) is 9.59 Å². The third-order valence-electron chi connectivity index (χ3n) is 6.35. The Balaban J connectivity index is 1.12. The van der Waals surface area contributed by atoms with E-state index in [1.54, 1.807) is 24.4 Å². The van der Waals surface area contributed by atoms with Gasteiger partial charge in [0.25, 0.3) is 5.91 Å². The first-order chi connectivity index (χ1) is 17.5. The second-order valence-corrected chi connectivity index (χ2v) is 9.07. The normalized spacial score (nSPS) is 14.1. The Hall–Kier alpha value is -4.17. The molecule has 0 saturated carbocycles. The number of furan rings is 1. The molecular weight excluding hydrogens is 454 g/mol. The predicted molar refractivity (Wildman–Crippen MR) is 140 cm³/mol.